The number of ether oxygens (including phenoxy) is 1. The van der Waals surface area contributed by atoms with Crippen molar-refractivity contribution < 1.29 is 13.2 Å². The molecule has 0 spiro atoms. The molecule has 0 aromatic carbocycles. The van der Waals surface area contributed by atoms with Gasteiger partial charge in [-0.1, -0.05) is 18.5 Å². The van der Waals surface area contributed by atoms with Crippen LogP contribution >= 0.6 is 11.6 Å². The van der Waals surface area contributed by atoms with Crippen molar-refractivity contribution in [2.24, 2.45) is 13.0 Å². The molecule has 0 aliphatic carbocycles. The number of halogens is 1. The number of nitrogens with zero attached hydrogens (tertiary/aromatic N) is 2. The van der Waals surface area contributed by atoms with Crippen LogP contribution in [0.15, 0.2) is 11.4 Å². The van der Waals surface area contributed by atoms with Crippen LogP contribution in [-0.2, 0) is 21.8 Å². The second-order valence-corrected chi connectivity index (χ2v) is 6.71. The van der Waals surface area contributed by atoms with Crippen LogP contribution in [0, 0.1) is 5.92 Å². The van der Waals surface area contributed by atoms with Crippen molar-refractivity contribution in [1.29, 1.82) is 0 Å². The van der Waals surface area contributed by atoms with Gasteiger partial charge in [0.15, 0.2) is 0 Å². The highest BCUT2D eigenvalue weighted by Gasteiger charge is 2.29. The molecule has 1 fully saturated rings. The highest BCUT2D eigenvalue weighted by Crippen LogP contribution is 2.24. The molecule has 1 N–H and O–H groups in total. The zero-order valence-corrected chi connectivity index (χ0v) is 12.5. The SMILES string of the molecule is CCC1OCCC1CNS(=O)(=O)c1ncn(C)c1Cl. The molecular weight excluding hydrogens is 290 g/mol. The van der Waals surface area contributed by atoms with Gasteiger partial charge in [-0.15, -0.1) is 0 Å². The van der Waals surface area contributed by atoms with Crippen LogP contribution in [0.2, 0.25) is 5.15 Å². The Labute approximate surface area is 118 Å². The number of hydrogen-bond donors (Lipinski definition) is 1. The van der Waals surface area contributed by atoms with Gasteiger partial charge < -0.3 is 9.30 Å². The number of sulfonamides is 1. The second-order valence-electron chi connectivity index (χ2n) is 4.67. The van der Waals surface area contributed by atoms with Gasteiger partial charge in [-0.25, -0.2) is 18.1 Å². The average Bonchev–Trinajstić information content (AvgIpc) is 2.95. The third-order valence-corrected chi connectivity index (χ3v) is 5.29. The summed E-state index contributed by atoms with van der Waals surface area (Å²) in [6.07, 6.45) is 3.26. The lowest BCUT2D eigenvalue weighted by Crippen LogP contribution is -2.33. The van der Waals surface area contributed by atoms with Crippen LogP contribution in [-0.4, -0.2) is 37.2 Å². The fraction of sp³-hybridized carbons (Fsp3) is 0.727. The van der Waals surface area contributed by atoms with Crippen molar-refractivity contribution in [3.63, 3.8) is 0 Å². The zero-order valence-electron chi connectivity index (χ0n) is 11.0. The molecule has 0 saturated carbocycles. The van der Waals surface area contributed by atoms with E-state index in [0.29, 0.717) is 13.2 Å². The first kappa shape index (κ1) is 14.8. The number of rotatable bonds is 5. The third-order valence-electron chi connectivity index (χ3n) is 3.37. The smallest absolute Gasteiger partial charge is 0.261 e. The summed E-state index contributed by atoms with van der Waals surface area (Å²) in [5, 5.41) is -0.00848. The summed E-state index contributed by atoms with van der Waals surface area (Å²) in [7, 11) is -2.01. The maximum Gasteiger partial charge on any atom is 0.261 e. The van der Waals surface area contributed by atoms with E-state index < -0.39 is 10.0 Å². The molecule has 1 aromatic rings. The number of aryl methyl sites for hydroxylation is 1. The molecule has 1 saturated heterocycles. The summed E-state index contributed by atoms with van der Waals surface area (Å²) in [5.74, 6) is 0.210. The fourth-order valence-corrected chi connectivity index (χ4v) is 3.76. The quantitative estimate of drug-likeness (QED) is 0.886. The van der Waals surface area contributed by atoms with E-state index >= 15 is 0 Å². The number of imidazole rings is 1. The molecule has 19 heavy (non-hydrogen) atoms. The largest absolute Gasteiger partial charge is 0.378 e. The van der Waals surface area contributed by atoms with Crippen LogP contribution in [0.1, 0.15) is 19.8 Å². The van der Waals surface area contributed by atoms with Crippen LogP contribution < -0.4 is 4.72 Å². The molecule has 2 atom stereocenters. The summed E-state index contributed by atoms with van der Waals surface area (Å²) in [6, 6.07) is 0. The van der Waals surface area contributed by atoms with Gasteiger partial charge in [-0.05, 0) is 12.8 Å². The molecule has 8 heteroatoms. The van der Waals surface area contributed by atoms with Crippen LogP contribution in [0.4, 0.5) is 0 Å². The first-order valence-corrected chi connectivity index (χ1v) is 8.10. The van der Waals surface area contributed by atoms with E-state index in [0.717, 1.165) is 12.8 Å². The Morgan fingerprint density at radius 2 is 2.37 bits per heavy atom. The number of aromatic nitrogens is 2. The van der Waals surface area contributed by atoms with E-state index in [1.54, 1.807) is 7.05 Å². The van der Waals surface area contributed by atoms with Gasteiger partial charge in [0.1, 0.15) is 5.15 Å². The van der Waals surface area contributed by atoms with Crippen LogP contribution in [0.3, 0.4) is 0 Å². The van der Waals surface area contributed by atoms with Crippen molar-refractivity contribution in [2.45, 2.75) is 30.9 Å². The van der Waals surface area contributed by atoms with Gasteiger partial charge in [0.2, 0.25) is 5.03 Å². The predicted octanol–water partition coefficient (Wildman–Crippen LogP) is 1.17. The van der Waals surface area contributed by atoms with Crippen molar-refractivity contribution in [3.05, 3.63) is 11.5 Å². The lowest BCUT2D eigenvalue weighted by atomic mass is 10.0. The van der Waals surface area contributed by atoms with Gasteiger partial charge in [-0.3, -0.25) is 0 Å². The molecule has 0 radical (unpaired) electrons. The van der Waals surface area contributed by atoms with E-state index in [4.69, 9.17) is 16.3 Å². The van der Waals surface area contributed by atoms with Gasteiger partial charge in [0.25, 0.3) is 10.0 Å². The van der Waals surface area contributed by atoms with Crippen molar-refractivity contribution in [1.82, 2.24) is 14.3 Å². The Kier molecular flexibility index (Phi) is 4.50. The molecule has 1 aliphatic rings. The van der Waals surface area contributed by atoms with Gasteiger partial charge in [0, 0.05) is 26.1 Å². The Morgan fingerprint density at radius 3 is 2.95 bits per heavy atom. The fourth-order valence-electron chi connectivity index (χ4n) is 2.24. The molecule has 1 aromatic heterocycles. The summed E-state index contributed by atoms with van der Waals surface area (Å²) in [4.78, 5) is 3.82. The second kappa shape index (κ2) is 5.78. The Bertz CT molecular complexity index is 543. The molecule has 2 rings (SSSR count). The lowest BCUT2D eigenvalue weighted by Gasteiger charge is -2.16. The first-order valence-electron chi connectivity index (χ1n) is 6.23. The maximum atomic E-state index is 12.1. The molecule has 0 bridgehead atoms. The highest BCUT2D eigenvalue weighted by molar-refractivity contribution is 7.89. The molecule has 6 nitrogen and oxygen atoms in total. The van der Waals surface area contributed by atoms with Crippen molar-refractivity contribution in [2.75, 3.05) is 13.2 Å². The highest BCUT2D eigenvalue weighted by atomic mass is 35.5. The minimum Gasteiger partial charge on any atom is -0.378 e. The lowest BCUT2D eigenvalue weighted by molar-refractivity contribution is 0.0884. The Morgan fingerprint density at radius 1 is 1.63 bits per heavy atom. The standard InChI is InChI=1S/C11H18ClN3O3S/c1-3-9-8(4-5-18-9)6-14-19(16,17)11-10(12)15(2)7-13-11/h7-9,14H,3-6H2,1-2H3. The molecular formula is C11H18ClN3O3S. The first-order chi connectivity index (χ1) is 8.95. The van der Waals surface area contributed by atoms with Gasteiger partial charge >= 0.3 is 0 Å². The van der Waals surface area contributed by atoms with Crippen LogP contribution in [0.25, 0.3) is 0 Å². The summed E-state index contributed by atoms with van der Waals surface area (Å²) in [6.45, 7) is 3.08. The molecule has 2 unspecified atom stereocenters. The summed E-state index contributed by atoms with van der Waals surface area (Å²) < 4.78 is 33.8. The third kappa shape index (κ3) is 3.10. The zero-order chi connectivity index (χ0) is 14.0. The monoisotopic (exact) mass is 307 g/mol. The topological polar surface area (TPSA) is 73.2 Å². The molecule has 1 aliphatic heterocycles. The number of nitrogens with one attached hydrogen (secondary N) is 1. The van der Waals surface area contributed by atoms with Gasteiger partial charge in [0.05, 0.1) is 12.4 Å². The maximum absolute atomic E-state index is 12.1. The molecule has 108 valence electrons. The van der Waals surface area contributed by atoms with Crippen LogP contribution in [0.5, 0.6) is 0 Å². The average molecular weight is 308 g/mol. The number of hydrogen-bond acceptors (Lipinski definition) is 4. The van der Waals surface area contributed by atoms with Crippen molar-refractivity contribution >= 4 is 21.6 Å². The van der Waals surface area contributed by atoms with Gasteiger partial charge in [-0.2, -0.15) is 0 Å². The minimum absolute atomic E-state index is 0.113. The van der Waals surface area contributed by atoms with E-state index in [-0.39, 0.29) is 22.2 Å². The summed E-state index contributed by atoms with van der Waals surface area (Å²) in [5.41, 5.74) is 0. The van der Waals surface area contributed by atoms with E-state index in [2.05, 4.69) is 9.71 Å². The minimum atomic E-state index is -3.66. The van der Waals surface area contributed by atoms with Crippen molar-refractivity contribution in [3.8, 4) is 0 Å². The summed E-state index contributed by atoms with van der Waals surface area (Å²) >= 11 is 5.90. The predicted molar refractivity (Wildman–Crippen MR) is 71.5 cm³/mol. The molecule has 0 amide bonds. The van der Waals surface area contributed by atoms with E-state index in [1.807, 2.05) is 6.92 Å². The molecule has 2 heterocycles. The Hall–Kier alpha value is -0.630. The van der Waals surface area contributed by atoms with E-state index in [1.165, 1.54) is 10.9 Å². The normalized spacial score (nSPS) is 23.9. The Balaban J connectivity index is 2.04. The van der Waals surface area contributed by atoms with E-state index in [9.17, 15) is 8.42 Å².